The average Bonchev–Trinajstić information content (AvgIpc) is 2.55. The summed E-state index contributed by atoms with van der Waals surface area (Å²) in [6, 6.07) is 15.6. The lowest BCUT2D eigenvalue weighted by Gasteiger charge is -2.23. The molecule has 0 spiro atoms. The second-order valence-electron chi connectivity index (χ2n) is 4.93. The number of hydrogen-bond acceptors (Lipinski definition) is 4. The van der Waals surface area contributed by atoms with Crippen LogP contribution in [-0.2, 0) is 16.0 Å². The highest BCUT2D eigenvalue weighted by molar-refractivity contribution is 6.00. The SMILES string of the molecule is N#Cc1ccc(NC(=O)[C@@H]2Cc3ccccc3C(=O)O2)cc1. The van der Waals surface area contributed by atoms with Gasteiger partial charge in [0.2, 0.25) is 0 Å². The van der Waals surface area contributed by atoms with E-state index in [-0.39, 0.29) is 5.91 Å². The summed E-state index contributed by atoms with van der Waals surface area (Å²) in [5, 5.41) is 11.4. The third-order valence-corrected chi connectivity index (χ3v) is 3.47. The van der Waals surface area contributed by atoms with Crippen molar-refractivity contribution < 1.29 is 14.3 Å². The molecule has 0 saturated heterocycles. The second kappa shape index (κ2) is 5.70. The molecule has 1 heterocycles. The first-order valence-electron chi connectivity index (χ1n) is 6.77. The monoisotopic (exact) mass is 292 g/mol. The second-order valence-corrected chi connectivity index (χ2v) is 4.93. The molecule has 2 aromatic rings. The Morgan fingerprint density at radius 2 is 1.91 bits per heavy atom. The normalized spacial score (nSPS) is 16.1. The van der Waals surface area contributed by atoms with Crippen molar-refractivity contribution in [2.24, 2.45) is 0 Å². The van der Waals surface area contributed by atoms with E-state index in [0.29, 0.717) is 23.2 Å². The van der Waals surface area contributed by atoms with E-state index in [2.05, 4.69) is 5.32 Å². The maximum absolute atomic E-state index is 12.2. The lowest BCUT2D eigenvalue weighted by Crippen LogP contribution is -2.37. The van der Waals surface area contributed by atoms with Crippen molar-refractivity contribution >= 4 is 17.6 Å². The van der Waals surface area contributed by atoms with Crippen molar-refractivity contribution in [3.63, 3.8) is 0 Å². The quantitative estimate of drug-likeness (QED) is 0.861. The average molecular weight is 292 g/mol. The Morgan fingerprint density at radius 1 is 1.18 bits per heavy atom. The number of carbonyl (C=O) groups is 2. The third kappa shape index (κ3) is 2.67. The Bertz CT molecular complexity index is 775. The molecule has 2 aromatic carbocycles. The standard InChI is InChI=1S/C17H12N2O3/c18-10-11-5-7-13(8-6-11)19-16(20)15-9-12-3-1-2-4-14(12)17(21)22-15/h1-8,15H,9H2,(H,19,20)/t15-/m0/s1. The summed E-state index contributed by atoms with van der Waals surface area (Å²) in [7, 11) is 0. The summed E-state index contributed by atoms with van der Waals surface area (Å²) in [6.45, 7) is 0. The van der Waals surface area contributed by atoms with E-state index >= 15 is 0 Å². The number of rotatable bonds is 2. The minimum Gasteiger partial charge on any atom is -0.448 e. The molecule has 22 heavy (non-hydrogen) atoms. The predicted molar refractivity (Wildman–Crippen MR) is 79.1 cm³/mol. The Kier molecular flexibility index (Phi) is 3.58. The van der Waals surface area contributed by atoms with Crippen LogP contribution >= 0.6 is 0 Å². The van der Waals surface area contributed by atoms with Gasteiger partial charge in [-0.05, 0) is 35.9 Å². The number of cyclic esters (lactones) is 1. The van der Waals surface area contributed by atoms with E-state index in [1.807, 2.05) is 18.2 Å². The molecule has 1 aliphatic rings. The molecular formula is C17H12N2O3. The van der Waals surface area contributed by atoms with E-state index in [0.717, 1.165) is 5.56 Å². The van der Waals surface area contributed by atoms with Gasteiger partial charge in [-0.15, -0.1) is 0 Å². The summed E-state index contributed by atoms with van der Waals surface area (Å²) in [6.07, 6.45) is -0.498. The molecule has 0 unspecified atom stereocenters. The molecule has 0 aliphatic carbocycles. The Balaban J connectivity index is 1.73. The van der Waals surface area contributed by atoms with Crippen molar-refractivity contribution in [3.05, 3.63) is 65.2 Å². The van der Waals surface area contributed by atoms with Crippen molar-refractivity contribution in [2.45, 2.75) is 12.5 Å². The van der Waals surface area contributed by atoms with Gasteiger partial charge in [-0.2, -0.15) is 5.26 Å². The highest BCUT2D eigenvalue weighted by Gasteiger charge is 2.30. The molecule has 1 atom stereocenters. The van der Waals surface area contributed by atoms with Crippen LogP contribution in [0.1, 0.15) is 21.5 Å². The number of nitrogens with zero attached hydrogens (tertiary/aromatic N) is 1. The summed E-state index contributed by atoms with van der Waals surface area (Å²) in [5.41, 5.74) is 2.37. The van der Waals surface area contributed by atoms with Crippen molar-refractivity contribution in [2.75, 3.05) is 5.32 Å². The fourth-order valence-corrected chi connectivity index (χ4v) is 2.33. The van der Waals surface area contributed by atoms with Gasteiger partial charge in [0.25, 0.3) is 5.91 Å². The number of nitrogens with one attached hydrogen (secondary N) is 1. The van der Waals surface area contributed by atoms with Crippen molar-refractivity contribution in [3.8, 4) is 6.07 Å². The molecule has 3 rings (SSSR count). The van der Waals surface area contributed by atoms with Gasteiger partial charge in [0.05, 0.1) is 17.2 Å². The molecule has 5 heteroatoms. The summed E-state index contributed by atoms with van der Waals surface area (Å²) >= 11 is 0. The lowest BCUT2D eigenvalue weighted by molar-refractivity contribution is -0.125. The molecule has 5 nitrogen and oxygen atoms in total. The van der Waals surface area contributed by atoms with Crippen LogP contribution in [0.5, 0.6) is 0 Å². The maximum atomic E-state index is 12.2. The number of fused-ring (bicyclic) bond motifs is 1. The highest BCUT2D eigenvalue weighted by atomic mass is 16.5. The molecule has 0 saturated carbocycles. The summed E-state index contributed by atoms with van der Waals surface area (Å²) in [4.78, 5) is 24.1. The Morgan fingerprint density at radius 3 is 2.64 bits per heavy atom. The zero-order valence-electron chi connectivity index (χ0n) is 11.6. The van der Waals surface area contributed by atoms with Gasteiger partial charge >= 0.3 is 5.97 Å². The first kappa shape index (κ1) is 13.8. The number of benzene rings is 2. The Hall–Kier alpha value is -3.13. The van der Waals surface area contributed by atoms with Crippen LogP contribution in [0.2, 0.25) is 0 Å². The predicted octanol–water partition coefficient (Wildman–Crippen LogP) is 2.28. The van der Waals surface area contributed by atoms with Crippen molar-refractivity contribution in [1.82, 2.24) is 0 Å². The number of carbonyl (C=O) groups excluding carboxylic acids is 2. The minimum atomic E-state index is -0.849. The molecule has 0 fully saturated rings. The molecule has 1 aliphatic heterocycles. The molecule has 1 N–H and O–H groups in total. The van der Waals surface area contributed by atoms with Crippen LogP contribution in [0.25, 0.3) is 0 Å². The van der Waals surface area contributed by atoms with Crippen LogP contribution < -0.4 is 5.32 Å². The number of anilines is 1. The molecular weight excluding hydrogens is 280 g/mol. The smallest absolute Gasteiger partial charge is 0.339 e. The highest BCUT2D eigenvalue weighted by Crippen LogP contribution is 2.21. The number of amides is 1. The van der Waals surface area contributed by atoms with Crippen LogP contribution in [0.15, 0.2) is 48.5 Å². The van der Waals surface area contributed by atoms with E-state index in [4.69, 9.17) is 10.00 Å². The molecule has 1 amide bonds. The number of hydrogen-bond donors (Lipinski definition) is 1. The van der Waals surface area contributed by atoms with E-state index in [1.54, 1.807) is 36.4 Å². The first-order valence-corrected chi connectivity index (χ1v) is 6.77. The zero-order valence-corrected chi connectivity index (χ0v) is 11.6. The van der Waals surface area contributed by atoms with Crippen LogP contribution in [0, 0.1) is 11.3 Å². The fraction of sp³-hybridized carbons (Fsp3) is 0.118. The molecule has 0 radical (unpaired) electrons. The van der Waals surface area contributed by atoms with Crippen LogP contribution in [0.3, 0.4) is 0 Å². The van der Waals surface area contributed by atoms with Crippen LogP contribution in [-0.4, -0.2) is 18.0 Å². The van der Waals surface area contributed by atoms with E-state index in [1.165, 1.54) is 0 Å². The fourth-order valence-electron chi connectivity index (χ4n) is 2.33. The number of esters is 1. The Labute approximate surface area is 127 Å². The van der Waals surface area contributed by atoms with Gasteiger partial charge in [0.15, 0.2) is 6.10 Å². The molecule has 0 bridgehead atoms. The van der Waals surface area contributed by atoms with E-state index < -0.39 is 12.1 Å². The molecule has 0 aromatic heterocycles. The molecule has 108 valence electrons. The van der Waals surface area contributed by atoms with Gasteiger partial charge in [-0.3, -0.25) is 4.79 Å². The number of nitriles is 1. The third-order valence-electron chi connectivity index (χ3n) is 3.47. The maximum Gasteiger partial charge on any atom is 0.339 e. The lowest BCUT2D eigenvalue weighted by atomic mass is 9.98. The number of ether oxygens (including phenoxy) is 1. The summed E-state index contributed by atoms with van der Waals surface area (Å²) < 4.78 is 5.19. The minimum absolute atomic E-state index is 0.351. The van der Waals surface area contributed by atoms with E-state index in [9.17, 15) is 9.59 Å². The van der Waals surface area contributed by atoms with Crippen LogP contribution in [0.4, 0.5) is 5.69 Å². The van der Waals surface area contributed by atoms with Gasteiger partial charge < -0.3 is 10.1 Å². The van der Waals surface area contributed by atoms with Gasteiger partial charge in [-0.25, -0.2) is 4.79 Å². The topological polar surface area (TPSA) is 79.2 Å². The largest absolute Gasteiger partial charge is 0.448 e. The zero-order chi connectivity index (χ0) is 15.5. The van der Waals surface area contributed by atoms with Gasteiger partial charge in [-0.1, -0.05) is 18.2 Å². The van der Waals surface area contributed by atoms with Gasteiger partial charge in [0.1, 0.15) is 0 Å². The van der Waals surface area contributed by atoms with Crippen molar-refractivity contribution in [1.29, 1.82) is 5.26 Å². The van der Waals surface area contributed by atoms with Gasteiger partial charge in [0, 0.05) is 12.1 Å². The first-order chi connectivity index (χ1) is 10.7. The summed E-state index contributed by atoms with van der Waals surface area (Å²) in [5.74, 6) is -0.866.